The summed E-state index contributed by atoms with van der Waals surface area (Å²) in [5.41, 5.74) is 1.11. The number of aromatic nitrogens is 1. The van der Waals surface area contributed by atoms with Crippen molar-refractivity contribution in [1.82, 2.24) is 9.88 Å². The zero-order valence-corrected chi connectivity index (χ0v) is 18.2. The molecule has 0 N–H and O–H groups in total. The van der Waals surface area contributed by atoms with E-state index in [-0.39, 0.29) is 12.5 Å². The molecule has 1 amide bonds. The van der Waals surface area contributed by atoms with Gasteiger partial charge in [0.2, 0.25) is 0 Å². The highest BCUT2D eigenvalue weighted by atomic mass is 32.1. The van der Waals surface area contributed by atoms with Gasteiger partial charge in [-0.1, -0.05) is 18.2 Å². The molecule has 0 atom stereocenters. The predicted octanol–water partition coefficient (Wildman–Crippen LogP) is 5.01. The van der Waals surface area contributed by atoms with Crippen LogP contribution >= 0.6 is 11.3 Å². The number of carbonyl (C=O) groups excluding carboxylic acids is 1. The Labute approximate surface area is 188 Å². The molecular weight excluding hydrogens is 439 g/mol. The summed E-state index contributed by atoms with van der Waals surface area (Å²) >= 11 is 1.54. The Balaban J connectivity index is 1.41. The van der Waals surface area contributed by atoms with Gasteiger partial charge in [-0.15, -0.1) is 11.3 Å². The van der Waals surface area contributed by atoms with Gasteiger partial charge in [-0.3, -0.25) is 4.79 Å². The average molecular weight is 462 g/mol. The normalized spacial score (nSPS) is 14.5. The first-order valence-electron chi connectivity index (χ1n) is 10.2. The molecule has 0 bridgehead atoms. The van der Waals surface area contributed by atoms with Crippen LogP contribution < -0.4 is 9.64 Å². The van der Waals surface area contributed by atoms with Crippen LogP contribution in [-0.2, 0) is 12.8 Å². The highest BCUT2D eigenvalue weighted by Gasteiger charge is 2.31. The van der Waals surface area contributed by atoms with Gasteiger partial charge in [-0.2, -0.15) is 13.2 Å². The highest BCUT2D eigenvalue weighted by Crippen LogP contribution is 2.32. The van der Waals surface area contributed by atoms with Crippen molar-refractivity contribution < 1.29 is 22.7 Å². The number of rotatable bonds is 5. The number of ether oxygens (including phenoxy) is 1. The van der Waals surface area contributed by atoms with Crippen molar-refractivity contribution in [3.05, 3.63) is 75.7 Å². The van der Waals surface area contributed by atoms with Gasteiger partial charge in [0.15, 0.2) is 0 Å². The second kappa shape index (κ2) is 9.20. The minimum Gasteiger partial charge on any atom is -0.486 e. The number of hydrogen-bond donors (Lipinski definition) is 0. The number of para-hydroxylation sites is 1. The summed E-state index contributed by atoms with van der Waals surface area (Å²) in [6.45, 7) is 3.92. The molecule has 2 aromatic carbocycles. The first kappa shape index (κ1) is 22.1. The van der Waals surface area contributed by atoms with Crippen LogP contribution in [-0.4, -0.2) is 42.0 Å². The number of thiazole rings is 1. The zero-order chi connectivity index (χ0) is 22.7. The Bertz CT molecular complexity index is 1090. The van der Waals surface area contributed by atoms with E-state index in [2.05, 4.69) is 4.98 Å². The number of alkyl halides is 3. The summed E-state index contributed by atoms with van der Waals surface area (Å²) in [6, 6.07) is 12.4. The average Bonchev–Trinajstić information content (AvgIpc) is 3.22. The summed E-state index contributed by atoms with van der Waals surface area (Å²) in [4.78, 5) is 21.1. The van der Waals surface area contributed by atoms with Crippen molar-refractivity contribution in [2.75, 3.05) is 31.1 Å². The minimum absolute atomic E-state index is 0.154. The van der Waals surface area contributed by atoms with Crippen LogP contribution in [0, 0.1) is 6.92 Å². The number of carbonyl (C=O) groups is 1. The Morgan fingerprint density at radius 2 is 1.84 bits per heavy atom. The molecule has 9 heteroatoms. The third kappa shape index (κ3) is 5.04. The van der Waals surface area contributed by atoms with Gasteiger partial charge in [0.25, 0.3) is 5.91 Å². The predicted molar refractivity (Wildman–Crippen MR) is 117 cm³/mol. The Morgan fingerprint density at radius 3 is 2.53 bits per heavy atom. The van der Waals surface area contributed by atoms with Crippen LogP contribution in [0.15, 0.2) is 53.9 Å². The summed E-state index contributed by atoms with van der Waals surface area (Å²) in [6.07, 6.45) is -4.38. The van der Waals surface area contributed by atoms with Crippen molar-refractivity contribution in [1.29, 1.82) is 0 Å². The number of aryl methyl sites for hydroxylation is 1. The summed E-state index contributed by atoms with van der Waals surface area (Å²) in [7, 11) is 0. The number of amides is 1. The molecule has 5 nitrogen and oxygen atoms in total. The fourth-order valence-corrected chi connectivity index (χ4v) is 4.21. The SMILES string of the molecule is Cc1nc(COc2ccccc2C(=O)N2CCN(c3cccc(C(F)(F)F)c3)CC2)cs1. The van der Waals surface area contributed by atoms with Crippen molar-refractivity contribution in [3.63, 3.8) is 0 Å². The second-order valence-electron chi connectivity index (χ2n) is 7.47. The van der Waals surface area contributed by atoms with Gasteiger partial charge in [-0.25, -0.2) is 4.98 Å². The van der Waals surface area contributed by atoms with E-state index >= 15 is 0 Å². The lowest BCUT2D eigenvalue weighted by Crippen LogP contribution is -2.48. The molecule has 0 aliphatic carbocycles. The molecule has 1 aromatic heterocycles. The molecular formula is C23H22F3N3O2S. The molecule has 0 unspecified atom stereocenters. The van der Waals surface area contributed by atoms with E-state index < -0.39 is 11.7 Å². The van der Waals surface area contributed by atoms with E-state index in [4.69, 9.17) is 4.74 Å². The van der Waals surface area contributed by atoms with Crippen LogP contribution in [0.4, 0.5) is 18.9 Å². The fourth-order valence-electron chi connectivity index (χ4n) is 3.61. The maximum atomic E-state index is 13.1. The molecule has 0 radical (unpaired) electrons. The van der Waals surface area contributed by atoms with Gasteiger partial charge in [0, 0.05) is 37.2 Å². The summed E-state index contributed by atoms with van der Waals surface area (Å²) in [5, 5.41) is 2.87. The van der Waals surface area contributed by atoms with Crippen molar-refractivity contribution >= 4 is 22.9 Å². The van der Waals surface area contributed by atoms with Crippen molar-refractivity contribution in [3.8, 4) is 5.75 Å². The zero-order valence-electron chi connectivity index (χ0n) is 17.4. The number of nitrogens with zero attached hydrogens (tertiary/aromatic N) is 3. The van der Waals surface area contributed by atoms with E-state index in [0.29, 0.717) is 43.2 Å². The fraction of sp³-hybridized carbons (Fsp3) is 0.304. The first-order valence-corrected chi connectivity index (χ1v) is 11.0. The molecule has 0 saturated carbocycles. The van der Waals surface area contributed by atoms with E-state index in [1.54, 1.807) is 29.2 Å². The number of anilines is 1. The third-order valence-corrected chi connectivity index (χ3v) is 6.09. The minimum atomic E-state index is -4.38. The Morgan fingerprint density at radius 1 is 1.09 bits per heavy atom. The van der Waals surface area contributed by atoms with Crippen LogP contribution in [0.3, 0.4) is 0 Å². The smallest absolute Gasteiger partial charge is 0.416 e. The van der Waals surface area contributed by atoms with Gasteiger partial charge in [-0.05, 0) is 37.3 Å². The van der Waals surface area contributed by atoms with E-state index in [0.717, 1.165) is 22.8 Å². The van der Waals surface area contributed by atoms with Crippen LogP contribution in [0.2, 0.25) is 0 Å². The monoisotopic (exact) mass is 461 g/mol. The molecule has 3 aromatic rings. The van der Waals surface area contributed by atoms with Crippen molar-refractivity contribution in [2.24, 2.45) is 0 Å². The number of halogens is 3. The third-order valence-electron chi connectivity index (χ3n) is 5.27. The quantitative estimate of drug-likeness (QED) is 0.536. The van der Waals surface area contributed by atoms with Gasteiger partial charge in [0.05, 0.1) is 21.8 Å². The molecule has 4 rings (SSSR count). The molecule has 0 spiro atoms. The lowest BCUT2D eigenvalue weighted by Gasteiger charge is -2.36. The first-order chi connectivity index (χ1) is 15.3. The molecule has 2 heterocycles. The molecule has 1 fully saturated rings. The van der Waals surface area contributed by atoms with Gasteiger partial charge >= 0.3 is 6.18 Å². The molecule has 1 aliphatic rings. The van der Waals surface area contributed by atoms with Gasteiger partial charge < -0.3 is 14.5 Å². The topological polar surface area (TPSA) is 45.7 Å². The molecule has 1 aliphatic heterocycles. The summed E-state index contributed by atoms with van der Waals surface area (Å²) in [5.74, 6) is 0.335. The van der Waals surface area contributed by atoms with E-state index in [9.17, 15) is 18.0 Å². The lowest BCUT2D eigenvalue weighted by molar-refractivity contribution is -0.137. The largest absolute Gasteiger partial charge is 0.486 e. The molecule has 168 valence electrons. The van der Waals surface area contributed by atoms with E-state index in [1.165, 1.54) is 17.4 Å². The Hall–Kier alpha value is -3.07. The number of hydrogen-bond acceptors (Lipinski definition) is 5. The maximum absolute atomic E-state index is 13.1. The maximum Gasteiger partial charge on any atom is 0.416 e. The van der Waals surface area contributed by atoms with Crippen LogP contribution in [0.1, 0.15) is 26.6 Å². The molecule has 32 heavy (non-hydrogen) atoms. The van der Waals surface area contributed by atoms with Crippen LogP contribution in [0.25, 0.3) is 0 Å². The number of benzene rings is 2. The van der Waals surface area contributed by atoms with E-state index in [1.807, 2.05) is 23.3 Å². The number of piperazine rings is 1. The van der Waals surface area contributed by atoms with Gasteiger partial charge in [0.1, 0.15) is 12.4 Å². The van der Waals surface area contributed by atoms with Crippen LogP contribution in [0.5, 0.6) is 5.75 Å². The lowest BCUT2D eigenvalue weighted by atomic mass is 10.1. The standard InChI is InChI=1S/C23H22F3N3O2S/c1-16-27-18(15-32-16)14-31-21-8-3-2-7-20(21)22(30)29-11-9-28(10-12-29)19-6-4-5-17(13-19)23(24,25)26/h2-8,13,15H,9-12,14H2,1H3. The highest BCUT2D eigenvalue weighted by molar-refractivity contribution is 7.09. The second-order valence-corrected chi connectivity index (χ2v) is 8.53. The Kier molecular flexibility index (Phi) is 6.36. The van der Waals surface area contributed by atoms with Crippen molar-refractivity contribution in [2.45, 2.75) is 19.7 Å². The molecule has 1 saturated heterocycles. The summed E-state index contributed by atoms with van der Waals surface area (Å²) < 4.78 is 44.9.